The highest BCUT2D eigenvalue weighted by molar-refractivity contribution is 5.09. The Bertz CT molecular complexity index is 123. The molecule has 1 saturated heterocycles. The minimum atomic E-state index is 0.663. The summed E-state index contributed by atoms with van der Waals surface area (Å²) in [6.45, 7) is 6.94. The van der Waals surface area contributed by atoms with Gasteiger partial charge < -0.3 is 10.6 Å². The lowest BCUT2D eigenvalue weighted by molar-refractivity contribution is 0.514. The maximum atomic E-state index is 3.58. The van der Waals surface area contributed by atoms with Gasteiger partial charge in [0.1, 0.15) is 0 Å². The van der Waals surface area contributed by atoms with Gasteiger partial charge in [-0.3, -0.25) is 0 Å². The van der Waals surface area contributed by atoms with Gasteiger partial charge in [0.25, 0.3) is 0 Å². The topological polar surface area (TPSA) is 24.1 Å². The van der Waals surface area contributed by atoms with E-state index < -0.39 is 0 Å². The van der Waals surface area contributed by atoms with Crippen LogP contribution in [0.25, 0.3) is 0 Å². The van der Waals surface area contributed by atoms with Gasteiger partial charge in [0.2, 0.25) is 0 Å². The first kappa shape index (κ1) is 6.62. The molecule has 0 aromatic rings. The van der Waals surface area contributed by atoms with Crippen LogP contribution in [-0.4, -0.2) is 25.2 Å². The zero-order valence-electron chi connectivity index (χ0n) is 6.72. The van der Waals surface area contributed by atoms with Crippen LogP contribution < -0.4 is 10.6 Å². The van der Waals surface area contributed by atoms with Crippen molar-refractivity contribution in [2.24, 2.45) is 11.8 Å². The lowest BCUT2D eigenvalue weighted by Crippen LogP contribution is -2.32. The summed E-state index contributed by atoms with van der Waals surface area (Å²) in [5.74, 6) is 1.92. The van der Waals surface area contributed by atoms with Crippen molar-refractivity contribution in [1.82, 2.24) is 10.6 Å². The molecule has 2 rings (SSSR count). The van der Waals surface area contributed by atoms with Gasteiger partial charge in [-0.2, -0.15) is 0 Å². The summed E-state index contributed by atoms with van der Waals surface area (Å²) in [5, 5.41) is 6.96. The van der Waals surface area contributed by atoms with Crippen molar-refractivity contribution in [1.29, 1.82) is 0 Å². The van der Waals surface area contributed by atoms with E-state index in [1.165, 1.54) is 13.1 Å². The average molecular weight is 140 g/mol. The molecule has 2 nitrogen and oxygen atoms in total. The van der Waals surface area contributed by atoms with Crippen LogP contribution in [-0.2, 0) is 0 Å². The highest BCUT2D eigenvalue weighted by Crippen LogP contribution is 2.41. The van der Waals surface area contributed by atoms with Crippen LogP contribution in [0.4, 0.5) is 0 Å². The second-order valence-electron chi connectivity index (χ2n) is 3.83. The molecule has 1 saturated carbocycles. The van der Waals surface area contributed by atoms with Gasteiger partial charge in [0, 0.05) is 12.1 Å². The van der Waals surface area contributed by atoms with Crippen molar-refractivity contribution in [3.8, 4) is 0 Å². The predicted octanol–water partition coefficient (Wildman–Crippen LogP) is 0.202. The number of piperidine rings is 1. The molecule has 2 heteroatoms. The van der Waals surface area contributed by atoms with E-state index in [1.54, 1.807) is 0 Å². The zero-order valence-corrected chi connectivity index (χ0v) is 6.72. The van der Waals surface area contributed by atoms with E-state index in [-0.39, 0.29) is 0 Å². The van der Waals surface area contributed by atoms with Crippen molar-refractivity contribution in [2.75, 3.05) is 13.1 Å². The minimum absolute atomic E-state index is 0.663. The Morgan fingerprint density at radius 3 is 2.40 bits per heavy atom. The van der Waals surface area contributed by atoms with E-state index >= 15 is 0 Å². The second-order valence-corrected chi connectivity index (χ2v) is 3.83. The zero-order chi connectivity index (χ0) is 7.14. The van der Waals surface area contributed by atoms with Gasteiger partial charge in [-0.25, -0.2) is 0 Å². The van der Waals surface area contributed by atoms with Gasteiger partial charge in [0.15, 0.2) is 0 Å². The lowest BCUT2D eigenvalue weighted by atomic mass is 10.3. The van der Waals surface area contributed by atoms with Gasteiger partial charge in [-0.1, -0.05) is 13.8 Å². The van der Waals surface area contributed by atoms with Crippen LogP contribution in [0.5, 0.6) is 0 Å². The lowest BCUT2D eigenvalue weighted by Gasteiger charge is -2.09. The summed E-state index contributed by atoms with van der Waals surface area (Å²) in [4.78, 5) is 0. The molecule has 0 aromatic heterocycles. The Kier molecular flexibility index (Phi) is 1.46. The molecule has 2 fully saturated rings. The maximum Gasteiger partial charge on any atom is 0.0158 e. The van der Waals surface area contributed by atoms with Crippen molar-refractivity contribution in [3.05, 3.63) is 0 Å². The Labute approximate surface area is 62.4 Å². The number of rotatable bonds is 2. The molecule has 0 spiro atoms. The third-order valence-corrected chi connectivity index (χ3v) is 2.62. The number of fused-ring (bicyclic) bond motifs is 1. The van der Waals surface area contributed by atoms with Gasteiger partial charge in [0.05, 0.1) is 0 Å². The third kappa shape index (κ3) is 0.956. The molecule has 3 atom stereocenters. The summed E-state index contributed by atoms with van der Waals surface area (Å²) in [6, 6.07) is 1.51. The average Bonchev–Trinajstić information content (AvgIpc) is 2.40. The van der Waals surface area contributed by atoms with Crippen LogP contribution in [0.15, 0.2) is 0 Å². The highest BCUT2D eigenvalue weighted by atomic mass is 15.1. The fourth-order valence-corrected chi connectivity index (χ4v) is 2.05. The molecule has 1 aliphatic heterocycles. The van der Waals surface area contributed by atoms with Crippen molar-refractivity contribution in [2.45, 2.75) is 25.9 Å². The summed E-state index contributed by atoms with van der Waals surface area (Å²) in [5.41, 5.74) is 0. The Balaban J connectivity index is 1.79. The monoisotopic (exact) mass is 140 g/mol. The van der Waals surface area contributed by atoms with E-state index in [2.05, 4.69) is 24.5 Å². The van der Waals surface area contributed by atoms with E-state index in [0.717, 1.165) is 17.9 Å². The van der Waals surface area contributed by atoms with Gasteiger partial charge >= 0.3 is 0 Å². The molecule has 0 radical (unpaired) electrons. The first-order chi connectivity index (χ1) is 4.79. The third-order valence-electron chi connectivity index (χ3n) is 2.62. The Morgan fingerprint density at radius 1 is 1.30 bits per heavy atom. The first-order valence-electron chi connectivity index (χ1n) is 4.26. The molecule has 1 aliphatic carbocycles. The van der Waals surface area contributed by atoms with E-state index in [9.17, 15) is 0 Å². The molecular weight excluding hydrogens is 124 g/mol. The summed E-state index contributed by atoms with van der Waals surface area (Å²) in [7, 11) is 0. The van der Waals surface area contributed by atoms with Crippen molar-refractivity contribution < 1.29 is 0 Å². The molecule has 58 valence electrons. The fraction of sp³-hybridized carbons (Fsp3) is 1.00. The minimum Gasteiger partial charge on any atom is -0.316 e. The van der Waals surface area contributed by atoms with Gasteiger partial charge in [-0.15, -0.1) is 0 Å². The number of hydrogen-bond donors (Lipinski definition) is 2. The molecule has 10 heavy (non-hydrogen) atoms. The molecule has 1 heterocycles. The molecule has 2 aliphatic rings. The molecule has 0 bridgehead atoms. The quantitative estimate of drug-likeness (QED) is 0.572. The predicted molar refractivity (Wildman–Crippen MR) is 41.9 cm³/mol. The van der Waals surface area contributed by atoms with Crippen LogP contribution in [0.3, 0.4) is 0 Å². The molecule has 0 amide bonds. The molecule has 2 N–H and O–H groups in total. The summed E-state index contributed by atoms with van der Waals surface area (Å²) < 4.78 is 0. The first-order valence-corrected chi connectivity index (χ1v) is 4.26. The highest BCUT2D eigenvalue weighted by Gasteiger charge is 2.52. The second kappa shape index (κ2) is 2.21. The Morgan fingerprint density at radius 2 is 1.90 bits per heavy atom. The van der Waals surface area contributed by atoms with Crippen LogP contribution >= 0.6 is 0 Å². The number of nitrogens with one attached hydrogen (secondary N) is 2. The molecular formula is C8H16N2. The fourth-order valence-electron chi connectivity index (χ4n) is 2.05. The van der Waals surface area contributed by atoms with Crippen LogP contribution in [0.2, 0.25) is 0 Å². The van der Waals surface area contributed by atoms with E-state index in [0.29, 0.717) is 6.04 Å². The number of hydrogen-bond acceptors (Lipinski definition) is 2. The SMILES string of the molecule is CC(C)NC1[C@H]2CNC[C@@H]12. The Hall–Kier alpha value is -0.0800. The van der Waals surface area contributed by atoms with E-state index in [1.807, 2.05) is 0 Å². The van der Waals surface area contributed by atoms with E-state index in [4.69, 9.17) is 0 Å². The molecule has 0 aromatic carbocycles. The van der Waals surface area contributed by atoms with Crippen LogP contribution in [0, 0.1) is 11.8 Å². The summed E-state index contributed by atoms with van der Waals surface area (Å²) in [6.07, 6.45) is 0. The van der Waals surface area contributed by atoms with Crippen molar-refractivity contribution >= 4 is 0 Å². The standard InChI is InChI=1S/C8H16N2/c1-5(2)10-8-6-3-9-4-7(6)8/h5-10H,3-4H2,1-2H3/t6-,7+,8?. The van der Waals surface area contributed by atoms with Gasteiger partial charge in [-0.05, 0) is 24.9 Å². The largest absolute Gasteiger partial charge is 0.316 e. The summed E-state index contributed by atoms with van der Waals surface area (Å²) >= 11 is 0. The normalized spacial score (nSPS) is 44.1. The van der Waals surface area contributed by atoms with Crippen LogP contribution in [0.1, 0.15) is 13.8 Å². The molecule has 1 unspecified atom stereocenters. The maximum absolute atomic E-state index is 3.58. The smallest absolute Gasteiger partial charge is 0.0158 e. The van der Waals surface area contributed by atoms with Crippen molar-refractivity contribution in [3.63, 3.8) is 0 Å².